The van der Waals surface area contributed by atoms with Crippen LogP contribution in [0.5, 0.6) is 0 Å². The third-order valence-electron chi connectivity index (χ3n) is 2.25. The Bertz CT molecular complexity index is 202. The standard InChI is InChI=1S/C10H18N2O2/c1-2-5-11-7-10(14)12-6-9(13)8-3-4-8/h2,8-9,11,13H,1,3-7H2,(H,12,14). The Morgan fingerprint density at radius 3 is 2.93 bits per heavy atom. The smallest absolute Gasteiger partial charge is 0.234 e. The van der Waals surface area contributed by atoms with E-state index >= 15 is 0 Å². The van der Waals surface area contributed by atoms with Crippen molar-refractivity contribution in [3.8, 4) is 0 Å². The summed E-state index contributed by atoms with van der Waals surface area (Å²) < 4.78 is 0. The second kappa shape index (κ2) is 5.78. The van der Waals surface area contributed by atoms with Crippen molar-refractivity contribution in [2.24, 2.45) is 5.92 Å². The van der Waals surface area contributed by atoms with Gasteiger partial charge in [-0.3, -0.25) is 4.79 Å². The summed E-state index contributed by atoms with van der Waals surface area (Å²) in [5.74, 6) is 0.336. The van der Waals surface area contributed by atoms with Crippen LogP contribution in [-0.4, -0.2) is 36.8 Å². The highest BCUT2D eigenvalue weighted by molar-refractivity contribution is 5.78. The van der Waals surface area contributed by atoms with Gasteiger partial charge in [-0.2, -0.15) is 0 Å². The van der Waals surface area contributed by atoms with Gasteiger partial charge in [0.2, 0.25) is 5.91 Å². The molecular formula is C10H18N2O2. The van der Waals surface area contributed by atoms with Crippen molar-refractivity contribution < 1.29 is 9.90 Å². The van der Waals surface area contributed by atoms with Gasteiger partial charge in [-0.05, 0) is 18.8 Å². The zero-order chi connectivity index (χ0) is 10.4. The van der Waals surface area contributed by atoms with Gasteiger partial charge in [0.25, 0.3) is 0 Å². The molecule has 1 rings (SSSR count). The zero-order valence-electron chi connectivity index (χ0n) is 8.33. The fourth-order valence-electron chi connectivity index (χ4n) is 1.22. The van der Waals surface area contributed by atoms with Crippen LogP contribution in [0.15, 0.2) is 12.7 Å². The Morgan fingerprint density at radius 2 is 2.36 bits per heavy atom. The van der Waals surface area contributed by atoms with E-state index in [-0.39, 0.29) is 18.6 Å². The van der Waals surface area contributed by atoms with E-state index in [2.05, 4.69) is 17.2 Å². The van der Waals surface area contributed by atoms with Crippen molar-refractivity contribution in [3.05, 3.63) is 12.7 Å². The summed E-state index contributed by atoms with van der Waals surface area (Å²) in [5, 5.41) is 15.0. The number of aliphatic hydroxyl groups excluding tert-OH is 1. The molecule has 1 fully saturated rings. The lowest BCUT2D eigenvalue weighted by atomic mass is 10.2. The minimum Gasteiger partial charge on any atom is -0.391 e. The highest BCUT2D eigenvalue weighted by Gasteiger charge is 2.29. The Kier molecular flexibility index (Phi) is 4.62. The lowest BCUT2D eigenvalue weighted by Gasteiger charge is -2.10. The second-order valence-electron chi connectivity index (χ2n) is 3.63. The minimum absolute atomic E-state index is 0.0773. The molecule has 0 bridgehead atoms. The molecular weight excluding hydrogens is 180 g/mol. The third kappa shape index (κ3) is 4.39. The van der Waals surface area contributed by atoms with Crippen molar-refractivity contribution in [2.75, 3.05) is 19.6 Å². The first-order chi connectivity index (χ1) is 6.74. The molecule has 1 aliphatic rings. The molecule has 0 spiro atoms. The molecule has 0 radical (unpaired) electrons. The van der Waals surface area contributed by atoms with Crippen LogP contribution in [0.4, 0.5) is 0 Å². The van der Waals surface area contributed by atoms with E-state index in [0.29, 0.717) is 19.0 Å². The van der Waals surface area contributed by atoms with Crippen LogP contribution >= 0.6 is 0 Å². The highest BCUT2D eigenvalue weighted by Crippen LogP contribution is 2.32. The van der Waals surface area contributed by atoms with Gasteiger partial charge in [-0.25, -0.2) is 0 Å². The molecule has 0 aliphatic heterocycles. The number of aliphatic hydroxyl groups is 1. The maximum Gasteiger partial charge on any atom is 0.234 e. The Hall–Kier alpha value is -0.870. The molecule has 1 aliphatic carbocycles. The predicted molar refractivity (Wildman–Crippen MR) is 54.8 cm³/mol. The van der Waals surface area contributed by atoms with Crippen LogP contribution in [0.25, 0.3) is 0 Å². The predicted octanol–water partition coefficient (Wildman–Crippen LogP) is -0.351. The summed E-state index contributed by atoms with van der Waals surface area (Å²) in [4.78, 5) is 11.1. The van der Waals surface area contributed by atoms with Crippen molar-refractivity contribution in [2.45, 2.75) is 18.9 Å². The molecule has 0 aromatic heterocycles. The maximum atomic E-state index is 11.1. The SMILES string of the molecule is C=CCNCC(=O)NCC(O)C1CC1. The first-order valence-electron chi connectivity index (χ1n) is 5.00. The van der Waals surface area contributed by atoms with E-state index < -0.39 is 0 Å². The Morgan fingerprint density at radius 1 is 1.64 bits per heavy atom. The fraction of sp³-hybridized carbons (Fsp3) is 0.700. The molecule has 1 atom stereocenters. The van der Waals surface area contributed by atoms with Gasteiger partial charge in [0, 0.05) is 13.1 Å². The molecule has 14 heavy (non-hydrogen) atoms. The second-order valence-corrected chi connectivity index (χ2v) is 3.63. The van der Waals surface area contributed by atoms with Gasteiger partial charge < -0.3 is 15.7 Å². The van der Waals surface area contributed by atoms with Crippen molar-refractivity contribution in [3.63, 3.8) is 0 Å². The number of amides is 1. The van der Waals surface area contributed by atoms with Gasteiger partial charge >= 0.3 is 0 Å². The van der Waals surface area contributed by atoms with E-state index in [1.54, 1.807) is 6.08 Å². The van der Waals surface area contributed by atoms with Crippen LogP contribution in [0.1, 0.15) is 12.8 Å². The van der Waals surface area contributed by atoms with Gasteiger partial charge in [-0.15, -0.1) is 6.58 Å². The number of rotatable bonds is 7. The summed E-state index contributed by atoms with van der Waals surface area (Å²) in [7, 11) is 0. The average Bonchev–Trinajstić information content (AvgIpc) is 2.98. The van der Waals surface area contributed by atoms with E-state index in [1.807, 2.05) is 0 Å². The first kappa shape index (κ1) is 11.2. The fourth-order valence-corrected chi connectivity index (χ4v) is 1.22. The van der Waals surface area contributed by atoms with Crippen molar-refractivity contribution in [1.29, 1.82) is 0 Å². The summed E-state index contributed by atoms with van der Waals surface area (Å²) in [6, 6.07) is 0. The first-order valence-corrected chi connectivity index (χ1v) is 5.00. The van der Waals surface area contributed by atoms with Crippen LogP contribution in [-0.2, 0) is 4.79 Å². The number of hydrogen-bond acceptors (Lipinski definition) is 3. The number of hydrogen-bond donors (Lipinski definition) is 3. The maximum absolute atomic E-state index is 11.1. The average molecular weight is 198 g/mol. The van der Waals surface area contributed by atoms with E-state index in [1.165, 1.54) is 0 Å². The van der Waals surface area contributed by atoms with Crippen LogP contribution < -0.4 is 10.6 Å². The summed E-state index contributed by atoms with van der Waals surface area (Å²) in [6.45, 7) is 4.81. The molecule has 1 saturated carbocycles. The minimum atomic E-state index is -0.363. The molecule has 0 aromatic carbocycles. The normalized spacial score (nSPS) is 17.5. The summed E-state index contributed by atoms with van der Waals surface area (Å²) in [5.41, 5.74) is 0. The molecule has 80 valence electrons. The molecule has 1 unspecified atom stereocenters. The molecule has 1 amide bonds. The quantitative estimate of drug-likeness (QED) is 0.387. The Balaban J connectivity index is 1.99. The number of nitrogens with one attached hydrogen (secondary N) is 2. The molecule has 4 nitrogen and oxygen atoms in total. The third-order valence-corrected chi connectivity index (χ3v) is 2.25. The number of carbonyl (C=O) groups is 1. The van der Waals surface area contributed by atoms with Crippen LogP contribution in [0.3, 0.4) is 0 Å². The molecule has 0 aromatic rings. The molecule has 0 heterocycles. The monoisotopic (exact) mass is 198 g/mol. The molecule has 0 saturated heterocycles. The van der Waals surface area contributed by atoms with E-state index in [9.17, 15) is 9.90 Å². The van der Waals surface area contributed by atoms with Gasteiger partial charge in [0.05, 0.1) is 12.6 Å². The highest BCUT2D eigenvalue weighted by atomic mass is 16.3. The lowest BCUT2D eigenvalue weighted by Crippen LogP contribution is -2.38. The van der Waals surface area contributed by atoms with Gasteiger partial charge in [0.1, 0.15) is 0 Å². The van der Waals surface area contributed by atoms with Crippen molar-refractivity contribution in [1.82, 2.24) is 10.6 Å². The van der Waals surface area contributed by atoms with Crippen LogP contribution in [0, 0.1) is 5.92 Å². The largest absolute Gasteiger partial charge is 0.391 e. The summed E-state index contributed by atoms with van der Waals surface area (Å²) >= 11 is 0. The summed E-state index contributed by atoms with van der Waals surface area (Å²) in [6.07, 6.45) is 3.52. The van der Waals surface area contributed by atoms with E-state index in [0.717, 1.165) is 12.8 Å². The van der Waals surface area contributed by atoms with Gasteiger partial charge in [-0.1, -0.05) is 6.08 Å². The number of carbonyl (C=O) groups excluding carboxylic acids is 1. The zero-order valence-corrected chi connectivity index (χ0v) is 8.33. The Labute approximate surface area is 84.4 Å². The topological polar surface area (TPSA) is 61.4 Å². The molecule has 3 N–H and O–H groups in total. The van der Waals surface area contributed by atoms with E-state index in [4.69, 9.17) is 0 Å². The van der Waals surface area contributed by atoms with Gasteiger partial charge in [0.15, 0.2) is 0 Å². The van der Waals surface area contributed by atoms with Crippen molar-refractivity contribution >= 4 is 5.91 Å². The molecule has 4 heteroatoms. The van der Waals surface area contributed by atoms with Crippen LogP contribution in [0.2, 0.25) is 0 Å². The lowest BCUT2D eigenvalue weighted by molar-refractivity contribution is -0.120.